The van der Waals surface area contributed by atoms with Crippen LogP contribution in [0, 0.1) is 5.41 Å². The Labute approximate surface area is 155 Å². The molecule has 0 unspecified atom stereocenters. The van der Waals surface area contributed by atoms with E-state index in [2.05, 4.69) is 0 Å². The number of hydrogen-bond donors (Lipinski definition) is 4. The topological polar surface area (TPSA) is 80.9 Å². The standard InChI is InChI=1S/C21H44O4/c22-17-9-1-5-13-21(14-6-2-10-18-23,15-7-3-11-19-24)16-8-4-12-20-25/h22-25H,1-20H2. The van der Waals surface area contributed by atoms with E-state index in [0.717, 1.165) is 51.4 Å². The molecule has 0 aliphatic carbocycles. The molecule has 0 saturated heterocycles. The lowest BCUT2D eigenvalue weighted by atomic mass is 9.70. The van der Waals surface area contributed by atoms with E-state index in [9.17, 15) is 0 Å². The van der Waals surface area contributed by atoms with Crippen LogP contribution in [-0.2, 0) is 0 Å². The first kappa shape index (κ1) is 24.8. The van der Waals surface area contributed by atoms with Gasteiger partial charge in [0.05, 0.1) is 0 Å². The average molecular weight is 361 g/mol. The van der Waals surface area contributed by atoms with Crippen molar-refractivity contribution in [2.75, 3.05) is 26.4 Å². The Hall–Kier alpha value is -0.160. The maximum absolute atomic E-state index is 9.03. The highest BCUT2D eigenvalue weighted by Crippen LogP contribution is 2.41. The fourth-order valence-corrected chi connectivity index (χ4v) is 3.90. The fourth-order valence-electron chi connectivity index (χ4n) is 3.90. The van der Waals surface area contributed by atoms with Crippen molar-refractivity contribution in [3.05, 3.63) is 0 Å². The molecule has 0 rings (SSSR count). The van der Waals surface area contributed by atoms with Gasteiger partial charge < -0.3 is 20.4 Å². The summed E-state index contributed by atoms with van der Waals surface area (Å²) in [5, 5.41) is 36.1. The summed E-state index contributed by atoms with van der Waals surface area (Å²) in [5.41, 5.74) is 0.371. The van der Waals surface area contributed by atoms with Crippen LogP contribution < -0.4 is 0 Å². The van der Waals surface area contributed by atoms with Crippen LogP contribution in [0.1, 0.15) is 103 Å². The molecular formula is C21H44O4. The lowest BCUT2D eigenvalue weighted by molar-refractivity contribution is 0.164. The summed E-state index contributed by atoms with van der Waals surface area (Å²) in [4.78, 5) is 0. The van der Waals surface area contributed by atoms with Crippen LogP contribution in [-0.4, -0.2) is 46.9 Å². The number of aliphatic hydroxyl groups is 4. The van der Waals surface area contributed by atoms with Crippen LogP contribution in [0.3, 0.4) is 0 Å². The third-order valence-electron chi connectivity index (χ3n) is 5.46. The first-order chi connectivity index (χ1) is 12.2. The third kappa shape index (κ3) is 14.7. The van der Waals surface area contributed by atoms with Crippen molar-refractivity contribution in [2.24, 2.45) is 5.41 Å². The van der Waals surface area contributed by atoms with Gasteiger partial charge in [-0.1, -0.05) is 51.4 Å². The minimum atomic E-state index is 0.288. The Balaban J connectivity index is 4.62. The van der Waals surface area contributed by atoms with Gasteiger partial charge in [-0.25, -0.2) is 0 Å². The second-order valence-corrected chi connectivity index (χ2v) is 7.64. The van der Waals surface area contributed by atoms with Crippen molar-refractivity contribution in [1.29, 1.82) is 0 Å². The van der Waals surface area contributed by atoms with Gasteiger partial charge in [0, 0.05) is 26.4 Å². The normalized spacial score (nSPS) is 12.0. The third-order valence-corrected chi connectivity index (χ3v) is 5.46. The number of unbranched alkanes of at least 4 members (excludes halogenated alkanes) is 8. The van der Waals surface area contributed by atoms with Crippen molar-refractivity contribution < 1.29 is 20.4 Å². The molecule has 152 valence electrons. The van der Waals surface area contributed by atoms with Crippen molar-refractivity contribution in [3.8, 4) is 0 Å². The molecule has 4 N–H and O–H groups in total. The van der Waals surface area contributed by atoms with Gasteiger partial charge in [0.1, 0.15) is 0 Å². The lowest BCUT2D eigenvalue weighted by Crippen LogP contribution is -2.22. The summed E-state index contributed by atoms with van der Waals surface area (Å²) in [5.74, 6) is 0. The SMILES string of the molecule is OCCCCCC(CCCCCO)(CCCCCO)CCCCCO. The Morgan fingerprint density at radius 3 is 0.760 bits per heavy atom. The second kappa shape index (κ2) is 18.6. The highest BCUT2D eigenvalue weighted by molar-refractivity contribution is 4.80. The van der Waals surface area contributed by atoms with Gasteiger partial charge in [-0.3, -0.25) is 0 Å². The molecule has 0 aromatic rings. The molecule has 0 bridgehead atoms. The summed E-state index contributed by atoms with van der Waals surface area (Å²) < 4.78 is 0. The first-order valence-corrected chi connectivity index (χ1v) is 10.7. The zero-order valence-electron chi connectivity index (χ0n) is 16.4. The molecular weight excluding hydrogens is 316 g/mol. The van der Waals surface area contributed by atoms with E-state index >= 15 is 0 Å². The van der Waals surface area contributed by atoms with E-state index < -0.39 is 0 Å². The highest BCUT2D eigenvalue weighted by atomic mass is 16.3. The maximum atomic E-state index is 9.03. The van der Waals surface area contributed by atoms with Crippen molar-refractivity contribution >= 4 is 0 Å². The molecule has 0 atom stereocenters. The van der Waals surface area contributed by atoms with E-state index in [1.807, 2.05) is 0 Å². The van der Waals surface area contributed by atoms with E-state index in [4.69, 9.17) is 20.4 Å². The Bertz CT molecular complexity index is 205. The fraction of sp³-hybridized carbons (Fsp3) is 1.00. The van der Waals surface area contributed by atoms with Gasteiger partial charge in [-0.05, 0) is 56.8 Å². The van der Waals surface area contributed by atoms with Crippen molar-refractivity contribution in [3.63, 3.8) is 0 Å². The number of aliphatic hydroxyl groups excluding tert-OH is 4. The minimum Gasteiger partial charge on any atom is -0.396 e. The monoisotopic (exact) mass is 360 g/mol. The summed E-state index contributed by atoms with van der Waals surface area (Å²) in [7, 11) is 0. The first-order valence-electron chi connectivity index (χ1n) is 10.7. The van der Waals surface area contributed by atoms with E-state index in [-0.39, 0.29) is 26.4 Å². The molecule has 25 heavy (non-hydrogen) atoms. The summed E-state index contributed by atoms with van der Waals surface area (Å²) in [6.07, 6.45) is 17.6. The molecule has 4 heteroatoms. The molecule has 0 aliphatic rings. The van der Waals surface area contributed by atoms with Gasteiger partial charge in [0.25, 0.3) is 0 Å². The Morgan fingerprint density at radius 1 is 0.320 bits per heavy atom. The largest absolute Gasteiger partial charge is 0.396 e. The maximum Gasteiger partial charge on any atom is 0.0431 e. The summed E-state index contributed by atoms with van der Waals surface area (Å²) in [6, 6.07) is 0. The predicted molar refractivity (Wildman–Crippen MR) is 105 cm³/mol. The van der Waals surface area contributed by atoms with Crippen molar-refractivity contribution in [1.82, 2.24) is 0 Å². The van der Waals surface area contributed by atoms with Gasteiger partial charge in [0.15, 0.2) is 0 Å². The van der Waals surface area contributed by atoms with Gasteiger partial charge >= 0.3 is 0 Å². The summed E-state index contributed by atoms with van der Waals surface area (Å²) >= 11 is 0. The average Bonchev–Trinajstić information content (AvgIpc) is 2.63. The molecule has 0 amide bonds. The van der Waals surface area contributed by atoms with Gasteiger partial charge in [-0.15, -0.1) is 0 Å². The second-order valence-electron chi connectivity index (χ2n) is 7.64. The Morgan fingerprint density at radius 2 is 0.560 bits per heavy atom. The molecule has 0 radical (unpaired) electrons. The summed E-state index contributed by atoms with van der Waals surface area (Å²) in [6.45, 7) is 1.15. The van der Waals surface area contributed by atoms with E-state index in [0.29, 0.717) is 5.41 Å². The highest BCUT2D eigenvalue weighted by Gasteiger charge is 2.28. The molecule has 4 nitrogen and oxygen atoms in total. The van der Waals surface area contributed by atoms with Crippen LogP contribution >= 0.6 is 0 Å². The van der Waals surface area contributed by atoms with Crippen LogP contribution in [0.15, 0.2) is 0 Å². The van der Waals surface area contributed by atoms with Crippen LogP contribution in [0.4, 0.5) is 0 Å². The molecule has 0 aliphatic heterocycles. The molecule has 0 saturated carbocycles. The minimum absolute atomic E-state index is 0.288. The molecule has 0 fully saturated rings. The Kier molecular flexibility index (Phi) is 18.5. The molecule has 0 aromatic carbocycles. The van der Waals surface area contributed by atoms with Gasteiger partial charge in [-0.2, -0.15) is 0 Å². The lowest BCUT2D eigenvalue weighted by Gasteiger charge is -2.35. The van der Waals surface area contributed by atoms with Gasteiger partial charge in [0.2, 0.25) is 0 Å². The molecule has 0 aromatic heterocycles. The van der Waals surface area contributed by atoms with Crippen molar-refractivity contribution in [2.45, 2.75) is 103 Å². The van der Waals surface area contributed by atoms with Crippen LogP contribution in [0.25, 0.3) is 0 Å². The number of rotatable bonds is 20. The number of hydrogen-bond acceptors (Lipinski definition) is 4. The van der Waals surface area contributed by atoms with Crippen LogP contribution in [0.2, 0.25) is 0 Å². The molecule has 0 spiro atoms. The zero-order chi connectivity index (χ0) is 18.6. The predicted octanol–water partition coefficient (Wildman–Crippen LogP) is 4.18. The van der Waals surface area contributed by atoms with Crippen LogP contribution in [0.5, 0.6) is 0 Å². The molecule has 0 heterocycles. The zero-order valence-corrected chi connectivity index (χ0v) is 16.4. The van der Waals surface area contributed by atoms with E-state index in [1.165, 1.54) is 51.4 Å². The smallest absolute Gasteiger partial charge is 0.0431 e. The quantitative estimate of drug-likeness (QED) is 0.245. The van der Waals surface area contributed by atoms with E-state index in [1.54, 1.807) is 0 Å².